The van der Waals surface area contributed by atoms with E-state index in [2.05, 4.69) is 4.98 Å². The summed E-state index contributed by atoms with van der Waals surface area (Å²) >= 11 is 0. The van der Waals surface area contributed by atoms with Crippen molar-refractivity contribution < 1.29 is 13.3 Å². The molecule has 8 nitrogen and oxygen atoms in total. The molecule has 2 heterocycles. The van der Waals surface area contributed by atoms with Crippen LogP contribution in [0.2, 0.25) is 0 Å². The molecule has 0 N–H and O–H groups in total. The molecule has 1 aliphatic heterocycles. The first-order valence-electron chi connectivity index (χ1n) is 10.0. The molecule has 0 saturated carbocycles. The number of fused-ring (bicyclic) bond motifs is 1. The van der Waals surface area contributed by atoms with E-state index in [0.29, 0.717) is 18.8 Å². The summed E-state index contributed by atoms with van der Waals surface area (Å²) in [5.41, 5.74) is 3.63. The van der Waals surface area contributed by atoms with E-state index in [-0.39, 0.29) is 10.6 Å². The van der Waals surface area contributed by atoms with Gasteiger partial charge in [0.25, 0.3) is 5.69 Å². The highest BCUT2D eigenvalue weighted by molar-refractivity contribution is 7.89. The summed E-state index contributed by atoms with van der Waals surface area (Å²) in [6, 6.07) is 7.99. The summed E-state index contributed by atoms with van der Waals surface area (Å²) in [5, 5.41) is 11.8. The molecule has 1 aromatic heterocycles. The zero-order valence-electron chi connectivity index (χ0n) is 17.0. The summed E-state index contributed by atoms with van der Waals surface area (Å²) in [4.78, 5) is 15.6. The molecule has 0 atom stereocenters. The summed E-state index contributed by atoms with van der Waals surface area (Å²) < 4.78 is 29.3. The van der Waals surface area contributed by atoms with Crippen molar-refractivity contribution in [2.45, 2.75) is 44.4 Å². The van der Waals surface area contributed by atoms with Gasteiger partial charge in [-0.2, -0.15) is 4.31 Å². The highest BCUT2D eigenvalue weighted by Gasteiger charge is 2.28. The topological polar surface area (TPSA) is 98.3 Å². The first-order valence-corrected chi connectivity index (χ1v) is 11.5. The van der Waals surface area contributed by atoms with Crippen molar-refractivity contribution in [2.24, 2.45) is 0 Å². The van der Waals surface area contributed by atoms with Gasteiger partial charge in [-0.15, -0.1) is 0 Å². The molecular formula is C21H24N4O4S. The zero-order valence-corrected chi connectivity index (χ0v) is 17.9. The third kappa shape index (κ3) is 3.59. The average molecular weight is 429 g/mol. The second kappa shape index (κ2) is 7.81. The smallest absolute Gasteiger partial charge is 0.293 e. The lowest BCUT2D eigenvalue weighted by molar-refractivity contribution is -0.384. The fraction of sp³-hybridized carbons (Fsp3) is 0.381. The molecule has 30 heavy (non-hydrogen) atoms. The number of rotatable bonds is 4. The van der Waals surface area contributed by atoms with Crippen LogP contribution in [0.25, 0.3) is 16.7 Å². The third-order valence-electron chi connectivity index (χ3n) is 5.77. The molecule has 2 aromatic carbocycles. The van der Waals surface area contributed by atoms with Crippen LogP contribution < -0.4 is 0 Å². The Labute approximate surface area is 175 Å². The van der Waals surface area contributed by atoms with E-state index >= 15 is 0 Å². The van der Waals surface area contributed by atoms with Gasteiger partial charge in [-0.25, -0.2) is 13.4 Å². The molecule has 3 aromatic rings. The predicted octanol–water partition coefficient (Wildman–Crippen LogP) is 4.12. The van der Waals surface area contributed by atoms with Crippen LogP contribution in [0, 0.1) is 24.0 Å². The van der Waals surface area contributed by atoms with E-state index in [1.54, 1.807) is 4.57 Å². The lowest BCUT2D eigenvalue weighted by Crippen LogP contribution is -2.32. The van der Waals surface area contributed by atoms with Gasteiger partial charge >= 0.3 is 0 Å². The van der Waals surface area contributed by atoms with E-state index in [0.717, 1.165) is 47.8 Å². The fourth-order valence-electron chi connectivity index (χ4n) is 3.90. The number of aromatic nitrogens is 2. The summed E-state index contributed by atoms with van der Waals surface area (Å²) in [6.45, 7) is 4.85. The molecule has 1 fully saturated rings. The lowest BCUT2D eigenvalue weighted by atomic mass is 10.1. The predicted molar refractivity (Wildman–Crippen MR) is 114 cm³/mol. The monoisotopic (exact) mass is 428 g/mol. The van der Waals surface area contributed by atoms with Crippen LogP contribution in [0.15, 0.2) is 41.6 Å². The number of nitro groups is 1. The highest BCUT2D eigenvalue weighted by atomic mass is 32.2. The summed E-state index contributed by atoms with van der Waals surface area (Å²) in [7, 11) is -3.78. The number of nitro benzene ring substituents is 1. The SMILES string of the molecule is Cc1cc2ncn(-c3ccc(S(=O)(=O)N4CCCCCC4)cc3[N+](=O)[O-])c2cc1C. The number of nitrogens with zero attached hydrogens (tertiary/aromatic N) is 4. The van der Waals surface area contributed by atoms with E-state index in [4.69, 9.17) is 0 Å². The Kier molecular flexibility index (Phi) is 5.33. The second-order valence-corrected chi connectivity index (χ2v) is 9.70. The fourth-order valence-corrected chi connectivity index (χ4v) is 5.44. The summed E-state index contributed by atoms with van der Waals surface area (Å²) in [5.74, 6) is 0. The summed E-state index contributed by atoms with van der Waals surface area (Å²) in [6.07, 6.45) is 5.14. The normalized spacial score (nSPS) is 15.9. The molecule has 4 rings (SSSR count). The molecule has 0 radical (unpaired) electrons. The Balaban J connectivity index is 1.82. The van der Waals surface area contributed by atoms with Gasteiger partial charge in [0.05, 0.1) is 20.9 Å². The van der Waals surface area contributed by atoms with Crippen molar-refractivity contribution >= 4 is 26.7 Å². The van der Waals surface area contributed by atoms with E-state index in [9.17, 15) is 18.5 Å². The van der Waals surface area contributed by atoms with Crippen LogP contribution in [0.4, 0.5) is 5.69 Å². The van der Waals surface area contributed by atoms with E-state index < -0.39 is 14.9 Å². The molecule has 158 valence electrons. The van der Waals surface area contributed by atoms with Crippen molar-refractivity contribution in [1.82, 2.24) is 13.9 Å². The maximum Gasteiger partial charge on any atom is 0.294 e. The van der Waals surface area contributed by atoms with Crippen LogP contribution in [-0.4, -0.2) is 40.3 Å². The minimum absolute atomic E-state index is 0.0451. The second-order valence-electron chi connectivity index (χ2n) is 7.77. The molecule has 0 bridgehead atoms. The Hall–Kier alpha value is -2.78. The standard InChI is InChI=1S/C21H24N4O4S/c1-15-11-18-20(12-16(15)2)24(14-22-18)19-8-7-17(13-21(19)25(26)27)30(28,29)23-9-5-3-4-6-10-23/h7-8,11-14H,3-6,9-10H2,1-2H3. The van der Waals surface area contributed by atoms with Crippen LogP contribution in [0.1, 0.15) is 36.8 Å². The van der Waals surface area contributed by atoms with Gasteiger partial charge < -0.3 is 0 Å². The van der Waals surface area contributed by atoms with Crippen LogP contribution in [0.5, 0.6) is 0 Å². The maximum absolute atomic E-state index is 13.1. The molecule has 0 spiro atoms. The highest BCUT2D eigenvalue weighted by Crippen LogP contribution is 2.31. The third-order valence-corrected chi connectivity index (χ3v) is 7.66. The quantitative estimate of drug-likeness (QED) is 0.460. The van der Waals surface area contributed by atoms with Gasteiger partial charge in [0.1, 0.15) is 12.0 Å². The molecule has 1 saturated heterocycles. The van der Waals surface area contributed by atoms with Crippen molar-refractivity contribution in [3.8, 4) is 5.69 Å². The Morgan fingerprint density at radius 1 is 1.00 bits per heavy atom. The molecule has 9 heteroatoms. The van der Waals surface area contributed by atoms with Crippen molar-refractivity contribution in [3.63, 3.8) is 0 Å². The number of hydrogen-bond acceptors (Lipinski definition) is 5. The first kappa shape index (κ1) is 20.5. The van der Waals surface area contributed by atoms with Crippen molar-refractivity contribution in [2.75, 3.05) is 13.1 Å². The molecular weight excluding hydrogens is 404 g/mol. The first-order chi connectivity index (χ1) is 14.3. The van der Waals surface area contributed by atoms with Gasteiger partial charge in [0.2, 0.25) is 10.0 Å². The minimum atomic E-state index is -3.78. The minimum Gasteiger partial charge on any atom is -0.293 e. The molecule has 1 aliphatic rings. The Morgan fingerprint density at radius 2 is 1.67 bits per heavy atom. The van der Waals surface area contributed by atoms with Crippen LogP contribution in [0.3, 0.4) is 0 Å². The van der Waals surface area contributed by atoms with E-state index in [1.165, 1.54) is 28.8 Å². The van der Waals surface area contributed by atoms with Gasteiger partial charge in [0.15, 0.2) is 0 Å². The lowest BCUT2D eigenvalue weighted by Gasteiger charge is -2.20. The number of benzene rings is 2. The number of sulfonamides is 1. The molecule has 0 aliphatic carbocycles. The number of imidazole rings is 1. The van der Waals surface area contributed by atoms with Gasteiger partial charge in [-0.05, 0) is 62.1 Å². The molecule has 0 unspecified atom stereocenters. The van der Waals surface area contributed by atoms with Gasteiger partial charge in [-0.3, -0.25) is 14.7 Å². The Morgan fingerprint density at radius 3 is 2.33 bits per heavy atom. The van der Waals surface area contributed by atoms with E-state index in [1.807, 2.05) is 26.0 Å². The Bertz CT molecular complexity index is 1230. The average Bonchev–Trinajstić information content (AvgIpc) is 2.92. The largest absolute Gasteiger partial charge is 0.294 e. The number of aryl methyl sites for hydroxylation is 2. The molecule has 0 amide bonds. The zero-order chi connectivity index (χ0) is 21.5. The van der Waals surface area contributed by atoms with Crippen LogP contribution in [-0.2, 0) is 10.0 Å². The number of hydrogen-bond donors (Lipinski definition) is 0. The van der Waals surface area contributed by atoms with Crippen molar-refractivity contribution in [3.05, 3.63) is 57.9 Å². The van der Waals surface area contributed by atoms with Crippen molar-refractivity contribution in [1.29, 1.82) is 0 Å². The maximum atomic E-state index is 13.1. The van der Waals surface area contributed by atoms with Gasteiger partial charge in [0, 0.05) is 19.2 Å². The van der Waals surface area contributed by atoms with Crippen LogP contribution >= 0.6 is 0 Å². The van der Waals surface area contributed by atoms with Gasteiger partial charge in [-0.1, -0.05) is 12.8 Å².